The summed E-state index contributed by atoms with van der Waals surface area (Å²) in [6, 6.07) is 10.1. The number of primary amides is 1. The third kappa shape index (κ3) is 4.21. The van der Waals surface area contributed by atoms with Crippen LogP contribution >= 0.6 is 0 Å². The van der Waals surface area contributed by atoms with Gasteiger partial charge in [-0.25, -0.2) is 0 Å². The molecule has 0 aliphatic carbocycles. The van der Waals surface area contributed by atoms with E-state index < -0.39 is 5.91 Å². The van der Waals surface area contributed by atoms with Crippen LogP contribution in [-0.2, 0) is 4.79 Å². The van der Waals surface area contributed by atoms with Crippen molar-refractivity contribution in [2.45, 2.75) is 0 Å². The summed E-state index contributed by atoms with van der Waals surface area (Å²) in [5, 5.41) is 3.38. The van der Waals surface area contributed by atoms with Crippen LogP contribution in [0.3, 0.4) is 0 Å². The van der Waals surface area contributed by atoms with E-state index >= 15 is 0 Å². The Morgan fingerprint density at radius 3 is 2.73 bits per heavy atom. The fraction of sp³-hybridized carbons (Fsp3) is 0.0588. The Hall–Kier alpha value is -3.08. The fourth-order valence-corrected chi connectivity index (χ4v) is 1.90. The summed E-state index contributed by atoms with van der Waals surface area (Å²) in [7, 11) is 0. The lowest BCUT2D eigenvalue weighted by Crippen LogP contribution is -2.25. The fourth-order valence-electron chi connectivity index (χ4n) is 1.90. The molecular weight excluding hydrogens is 276 g/mol. The molecule has 5 heteroatoms. The average Bonchev–Trinajstić information content (AvgIpc) is 2.57. The van der Waals surface area contributed by atoms with Crippen molar-refractivity contribution in [1.82, 2.24) is 4.90 Å². The summed E-state index contributed by atoms with van der Waals surface area (Å²) in [6.07, 6.45) is 11.1. The van der Waals surface area contributed by atoms with Gasteiger partial charge in [0.2, 0.25) is 5.91 Å². The van der Waals surface area contributed by atoms with Crippen molar-refractivity contribution >= 4 is 17.8 Å². The molecule has 0 fully saturated rings. The number of carbonyl (C=O) groups is 1. The molecule has 2 heterocycles. The van der Waals surface area contributed by atoms with Gasteiger partial charge in [-0.15, -0.1) is 0 Å². The van der Waals surface area contributed by atoms with Crippen LogP contribution in [0.2, 0.25) is 0 Å². The minimum Gasteiger partial charge on any atom is -0.366 e. The number of allylic oxidation sites excluding steroid dienone is 4. The summed E-state index contributed by atoms with van der Waals surface area (Å²) >= 11 is 0. The summed E-state index contributed by atoms with van der Waals surface area (Å²) in [5.41, 5.74) is 7.80. The summed E-state index contributed by atoms with van der Waals surface area (Å²) in [5.74, 6) is -0.481. The lowest BCUT2D eigenvalue weighted by atomic mass is 10.2. The highest BCUT2D eigenvalue weighted by Gasteiger charge is 2.14. The maximum atomic E-state index is 9.47. The van der Waals surface area contributed by atoms with E-state index in [4.69, 9.17) is 0 Å². The van der Waals surface area contributed by atoms with E-state index in [0.717, 1.165) is 23.2 Å². The van der Waals surface area contributed by atoms with E-state index in [1.807, 2.05) is 54.9 Å². The molecule has 1 aromatic rings. The normalized spacial score (nSPS) is 14.8. The average molecular weight is 294 g/mol. The highest BCUT2D eigenvalue weighted by Crippen LogP contribution is 2.20. The molecule has 1 aromatic carbocycles. The molecule has 3 N–H and O–H groups in total. The van der Waals surface area contributed by atoms with Crippen LogP contribution in [0.15, 0.2) is 83.8 Å². The van der Waals surface area contributed by atoms with Crippen molar-refractivity contribution in [2.75, 3.05) is 12.0 Å². The monoisotopic (exact) mass is 294 g/mol. The first-order chi connectivity index (χ1) is 10.7. The SMILES string of the molecule is C1=CC2=C(Nc3ccccc3)C=NCN2C=C1.C=CC(N)=O. The molecule has 0 radical (unpaired) electrons. The van der Waals surface area contributed by atoms with Gasteiger partial charge in [-0.3, -0.25) is 9.79 Å². The lowest BCUT2D eigenvalue weighted by molar-refractivity contribution is -0.113. The molecule has 0 spiro atoms. The van der Waals surface area contributed by atoms with Crippen molar-refractivity contribution < 1.29 is 4.79 Å². The van der Waals surface area contributed by atoms with E-state index in [0.29, 0.717) is 6.67 Å². The van der Waals surface area contributed by atoms with E-state index in [1.165, 1.54) is 0 Å². The highest BCUT2D eigenvalue weighted by atomic mass is 16.1. The Bertz CT molecular complexity index is 656. The molecule has 2 aliphatic rings. The predicted octanol–water partition coefficient (Wildman–Crippen LogP) is 2.40. The number of nitrogens with two attached hydrogens (primary N) is 1. The molecule has 0 atom stereocenters. The molecule has 0 bridgehead atoms. The second-order valence-corrected chi connectivity index (χ2v) is 4.52. The number of hydrogen-bond acceptors (Lipinski definition) is 4. The number of amides is 1. The van der Waals surface area contributed by atoms with Crippen LogP contribution in [0, 0.1) is 0 Å². The Morgan fingerprint density at radius 1 is 1.32 bits per heavy atom. The lowest BCUT2D eigenvalue weighted by Gasteiger charge is -2.27. The molecule has 2 aliphatic heterocycles. The van der Waals surface area contributed by atoms with Gasteiger partial charge in [0, 0.05) is 18.1 Å². The summed E-state index contributed by atoms with van der Waals surface area (Å²) < 4.78 is 0. The maximum Gasteiger partial charge on any atom is 0.240 e. The molecule has 1 amide bonds. The molecule has 3 rings (SSSR count). The minimum absolute atomic E-state index is 0.481. The molecule has 0 unspecified atom stereocenters. The number of carbonyl (C=O) groups excluding carboxylic acids is 1. The Kier molecular flexibility index (Phi) is 5.31. The maximum absolute atomic E-state index is 9.47. The Morgan fingerprint density at radius 2 is 2.05 bits per heavy atom. The van der Waals surface area contributed by atoms with Gasteiger partial charge in [0.05, 0.1) is 11.4 Å². The van der Waals surface area contributed by atoms with Gasteiger partial charge >= 0.3 is 0 Å². The standard InChI is InChI=1S/C14H13N3.C3H5NO/c1-2-6-12(7-3-1)16-13-10-15-11-17-9-5-4-8-14(13)17;1-2-3(4)5/h1-10,16H,11H2;2H,1H2,(H2,4,5). The second-order valence-electron chi connectivity index (χ2n) is 4.52. The first kappa shape index (κ1) is 15.3. The quantitative estimate of drug-likeness (QED) is 0.841. The van der Waals surface area contributed by atoms with E-state index in [2.05, 4.69) is 33.6 Å². The van der Waals surface area contributed by atoms with Crippen molar-refractivity contribution in [3.8, 4) is 0 Å². The van der Waals surface area contributed by atoms with Gasteiger partial charge < -0.3 is 16.0 Å². The van der Waals surface area contributed by atoms with Gasteiger partial charge in [-0.1, -0.05) is 30.9 Å². The number of nitrogens with one attached hydrogen (secondary N) is 1. The second kappa shape index (κ2) is 7.64. The van der Waals surface area contributed by atoms with Crippen molar-refractivity contribution in [3.63, 3.8) is 0 Å². The van der Waals surface area contributed by atoms with Crippen molar-refractivity contribution in [2.24, 2.45) is 10.7 Å². The zero-order valence-corrected chi connectivity index (χ0v) is 12.1. The topological polar surface area (TPSA) is 70.7 Å². The molecule has 0 saturated carbocycles. The smallest absolute Gasteiger partial charge is 0.240 e. The first-order valence-corrected chi connectivity index (χ1v) is 6.80. The molecular formula is C17H18N4O. The van der Waals surface area contributed by atoms with Crippen LogP contribution < -0.4 is 11.1 Å². The molecule has 112 valence electrons. The van der Waals surface area contributed by atoms with Crippen LogP contribution in [0.25, 0.3) is 0 Å². The summed E-state index contributed by atoms with van der Waals surface area (Å²) in [4.78, 5) is 15.9. The summed E-state index contributed by atoms with van der Waals surface area (Å²) in [6.45, 7) is 3.78. The number of benzene rings is 1. The highest BCUT2D eigenvalue weighted by molar-refractivity contribution is 5.86. The van der Waals surface area contributed by atoms with Gasteiger partial charge in [0.15, 0.2) is 0 Å². The zero-order chi connectivity index (χ0) is 15.8. The van der Waals surface area contributed by atoms with Crippen molar-refractivity contribution in [3.05, 3.63) is 78.8 Å². The number of rotatable bonds is 3. The van der Waals surface area contributed by atoms with Crippen LogP contribution in [-0.4, -0.2) is 23.7 Å². The van der Waals surface area contributed by atoms with E-state index in [9.17, 15) is 4.79 Å². The number of hydrogen-bond donors (Lipinski definition) is 2. The minimum atomic E-state index is -0.481. The van der Waals surface area contributed by atoms with Crippen LogP contribution in [0.5, 0.6) is 0 Å². The molecule has 0 saturated heterocycles. The van der Waals surface area contributed by atoms with E-state index in [1.54, 1.807) is 0 Å². The van der Waals surface area contributed by atoms with Gasteiger partial charge in [-0.2, -0.15) is 0 Å². The third-order valence-corrected chi connectivity index (χ3v) is 2.92. The molecule has 5 nitrogen and oxygen atoms in total. The Balaban J connectivity index is 0.000000309. The molecule has 22 heavy (non-hydrogen) atoms. The number of para-hydroxylation sites is 1. The number of anilines is 1. The zero-order valence-electron chi connectivity index (χ0n) is 12.1. The third-order valence-electron chi connectivity index (χ3n) is 2.92. The number of aliphatic imine (C=N–C) groups is 1. The number of fused-ring (bicyclic) bond motifs is 1. The first-order valence-electron chi connectivity index (χ1n) is 6.80. The number of nitrogens with zero attached hydrogens (tertiary/aromatic N) is 2. The molecule has 0 aromatic heterocycles. The van der Waals surface area contributed by atoms with E-state index in [-0.39, 0.29) is 0 Å². The van der Waals surface area contributed by atoms with Crippen LogP contribution in [0.1, 0.15) is 0 Å². The Labute approximate surface area is 129 Å². The van der Waals surface area contributed by atoms with Gasteiger partial charge in [-0.05, 0) is 30.4 Å². The predicted molar refractivity (Wildman–Crippen MR) is 90.0 cm³/mol. The van der Waals surface area contributed by atoms with Crippen LogP contribution in [0.4, 0.5) is 5.69 Å². The van der Waals surface area contributed by atoms with Gasteiger partial charge in [0.1, 0.15) is 6.67 Å². The van der Waals surface area contributed by atoms with Gasteiger partial charge in [0.25, 0.3) is 0 Å². The van der Waals surface area contributed by atoms with Crippen molar-refractivity contribution in [1.29, 1.82) is 0 Å². The largest absolute Gasteiger partial charge is 0.366 e.